The van der Waals surface area contributed by atoms with Crippen molar-refractivity contribution < 1.29 is 19.4 Å². The number of Topliss-reactive ketones (excluding diaryl/α,β-unsaturated/α-hetero) is 1. The van der Waals surface area contributed by atoms with Crippen molar-refractivity contribution in [3.05, 3.63) is 55.3 Å². The molecular formula is C28H32N2O4S. The normalized spacial score (nSPS) is 12.1. The van der Waals surface area contributed by atoms with Gasteiger partial charge in [-0.3, -0.25) is 4.79 Å². The molecule has 0 aliphatic heterocycles. The largest absolute Gasteiger partial charge is 0.507 e. The molecule has 2 rings (SSSR count). The standard InChI is InChI=1S/C28H32N2O4S/c1-9-34-26(33)25-16(2)19(15-30)23(35-25)13-22(31)18(14-29)10-17-11-20(27(3,4)5)24(32)21(12-17)28(6,7)8/h10-12,32H,9,13H2,1-8H3. The molecule has 6 nitrogen and oxygen atoms in total. The molecule has 0 aliphatic rings. The number of thiophene rings is 1. The molecular weight excluding hydrogens is 460 g/mol. The molecule has 7 heteroatoms. The van der Waals surface area contributed by atoms with E-state index in [1.165, 1.54) is 6.08 Å². The maximum atomic E-state index is 13.1. The van der Waals surface area contributed by atoms with Crippen LogP contribution in [0.5, 0.6) is 5.75 Å². The number of phenols is 1. The van der Waals surface area contributed by atoms with Gasteiger partial charge in [-0.05, 0) is 54.0 Å². The van der Waals surface area contributed by atoms with Gasteiger partial charge < -0.3 is 9.84 Å². The van der Waals surface area contributed by atoms with E-state index in [1.54, 1.807) is 26.0 Å². The van der Waals surface area contributed by atoms with E-state index in [0.717, 1.165) is 22.5 Å². The molecule has 184 valence electrons. The van der Waals surface area contributed by atoms with E-state index in [9.17, 15) is 25.2 Å². The van der Waals surface area contributed by atoms with Gasteiger partial charge in [0.05, 0.1) is 17.7 Å². The number of allylic oxidation sites excluding steroid dienone is 1. The number of nitriles is 2. The Morgan fingerprint density at radius 3 is 2.06 bits per heavy atom. The first-order chi connectivity index (χ1) is 16.1. The first-order valence-electron chi connectivity index (χ1n) is 11.4. The molecule has 1 aromatic heterocycles. The lowest BCUT2D eigenvalue weighted by molar-refractivity contribution is -0.114. The second kappa shape index (κ2) is 10.5. The minimum absolute atomic E-state index is 0.0666. The van der Waals surface area contributed by atoms with Gasteiger partial charge in [0.25, 0.3) is 0 Å². The number of rotatable bonds is 6. The fourth-order valence-corrected chi connectivity index (χ4v) is 4.85. The summed E-state index contributed by atoms with van der Waals surface area (Å²) in [5, 5.41) is 30.3. The minimum atomic E-state index is -0.533. The second-order valence-corrected chi connectivity index (χ2v) is 11.5. The summed E-state index contributed by atoms with van der Waals surface area (Å²) in [6.07, 6.45) is 1.34. The second-order valence-electron chi connectivity index (χ2n) is 10.4. The number of carbonyl (C=O) groups excluding carboxylic acids is 2. The highest BCUT2D eigenvalue weighted by Crippen LogP contribution is 2.40. The highest BCUT2D eigenvalue weighted by atomic mass is 32.1. The number of ether oxygens (including phenoxy) is 1. The van der Waals surface area contributed by atoms with Gasteiger partial charge >= 0.3 is 5.97 Å². The fraction of sp³-hybridized carbons (Fsp3) is 0.429. The zero-order chi connectivity index (χ0) is 26.7. The van der Waals surface area contributed by atoms with Gasteiger partial charge in [-0.15, -0.1) is 11.3 Å². The third-order valence-electron chi connectivity index (χ3n) is 5.59. The van der Waals surface area contributed by atoms with E-state index in [0.29, 0.717) is 16.0 Å². The minimum Gasteiger partial charge on any atom is -0.507 e. The zero-order valence-corrected chi connectivity index (χ0v) is 22.4. The van der Waals surface area contributed by atoms with Crippen LogP contribution in [0, 0.1) is 29.6 Å². The van der Waals surface area contributed by atoms with Crippen LogP contribution >= 0.6 is 11.3 Å². The van der Waals surface area contributed by atoms with Crippen LogP contribution in [-0.2, 0) is 26.8 Å². The SMILES string of the molecule is CCOC(=O)c1sc(CC(=O)C(C#N)=Cc2cc(C(C)(C)C)c(O)c(C(C)(C)C)c2)c(C#N)c1C. The fourth-order valence-electron chi connectivity index (χ4n) is 3.70. The maximum absolute atomic E-state index is 13.1. The number of hydrogen-bond acceptors (Lipinski definition) is 7. The Morgan fingerprint density at radius 1 is 1.09 bits per heavy atom. The van der Waals surface area contributed by atoms with Gasteiger partial charge in [-0.1, -0.05) is 41.5 Å². The summed E-state index contributed by atoms with van der Waals surface area (Å²) in [5.41, 5.74) is 2.04. The predicted molar refractivity (Wildman–Crippen MR) is 138 cm³/mol. The lowest BCUT2D eigenvalue weighted by Gasteiger charge is -2.28. The zero-order valence-electron chi connectivity index (χ0n) is 21.6. The molecule has 2 aromatic rings. The molecule has 35 heavy (non-hydrogen) atoms. The molecule has 1 N–H and O–H groups in total. The monoisotopic (exact) mass is 492 g/mol. The van der Waals surface area contributed by atoms with Crippen LogP contribution in [0.3, 0.4) is 0 Å². The van der Waals surface area contributed by atoms with Gasteiger partial charge in [0.2, 0.25) is 0 Å². The first kappa shape index (κ1) is 27.8. The molecule has 0 spiro atoms. The summed E-state index contributed by atoms with van der Waals surface area (Å²) in [4.78, 5) is 26.0. The highest BCUT2D eigenvalue weighted by Gasteiger charge is 2.27. The van der Waals surface area contributed by atoms with Gasteiger partial charge in [0.15, 0.2) is 5.78 Å². The van der Waals surface area contributed by atoms with E-state index < -0.39 is 11.8 Å². The Bertz CT molecular complexity index is 1240. The molecule has 1 aromatic carbocycles. The molecule has 0 radical (unpaired) electrons. The molecule has 0 fully saturated rings. The van der Waals surface area contributed by atoms with E-state index >= 15 is 0 Å². The van der Waals surface area contributed by atoms with E-state index in [2.05, 4.69) is 6.07 Å². The van der Waals surface area contributed by atoms with Crippen LogP contribution in [0.4, 0.5) is 0 Å². The van der Waals surface area contributed by atoms with Crippen LogP contribution in [0.1, 0.15) is 90.8 Å². The lowest BCUT2D eigenvalue weighted by atomic mass is 9.78. The summed E-state index contributed by atoms with van der Waals surface area (Å²) < 4.78 is 5.05. The quantitative estimate of drug-likeness (QED) is 0.295. The molecule has 1 heterocycles. The maximum Gasteiger partial charge on any atom is 0.348 e. The van der Waals surface area contributed by atoms with E-state index in [-0.39, 0.29) is 45.6 Å². The molecule has 0 saturated heterocycles. The van der Waals surface area contributed by atoms with Crippen molar-refractivity contribution in [3.8, 4) is 17.9 Å². The van der Waals surface area contributed by atoms with Crippen molar-refractivity contribution in [1.29, 1.82) is 10.5 Å². The van der Waals surface area contributed by atoms with Crippen molar-refractivity contribution >= 4 is 29.2 Å². The van der Waals surface area contributed by atoms with Crippen molar-refractivity contribution in [2.75, 3.05) is 6.61 Å². The summed E-state index contributed by atoms with van der Waals surface area (Å²) >= 11 is 1.05. The predicted octanol–water partition coefficient (Wildman–Crippen LogP) is 6.12. The summed E-state index contributed by atoms with van der Waals surface area (Å²) in [5.74, 6) is -0.774. The number of nitrogens with zero attached hydrogens (tertiary/aromatic N) is 2. The average molecular weight is 493 g/mol. The average Bonchev–Trinajstić information content (AvgIpc) is 3.06. The number of hydrogen-bond donors (Lipinski definition) is 1. The van der Waals surface area contributed by atoms with Gasteiger partial charge in [0.1, 0.15) is 22.8 Å². The summed E-state index contributed by atoms with van der Waals surface area (Å²) in [6, 6.07) is 7.64. The topological polar surface area (TPSA) is 111 Å². The van der Waals surface area contributed by atoms with Crippen LogP contribution in [0.15, 0.2) is 17.7 Å². The molecule has 0 amide bonds. The van der Waals surface area contributed by atoms with Crippen molar-refractivity contribution in [3.63, 3.8) is 0 Å². The number of phenolic OH excluding ortho intramolecular Hbond substituents is 1. The number of carbonyl (C=O) groups is 2. The van der Waals surface area contributed by atoms with Gasteiger partial charge in [0, 0.05) is 22.4 Å². The number of aromatic hydroxyl groups is 1. The molecule has 0 bridgehead atoms. The molecule has 0 saturated carbocycles. The van der Waals surface area contributed by atoms with Crippen LogP contribution in [0.2, 0.25) is 0 Å². The number of ketones is 1. The summed E-state index contributed by atoms with van der Waals surface area (Å²) in [7, 11) is 0. The van der Waals surface area contributed by atoms with Crippen molar-refractivity contribution in [2.45, 2.75) is 72.6 Å². The summed E-state index contributed by atoms with van der Waals surface area (Å²) in [6.45, 7) is 15.5. The van der Waals surface area contributed by atoms with Crippen molar-refractivity contribution in [1.82, 2.24) is 0 Å². The third kappa shape index (κ3) is 6.18. The molecule has 0 atom stereocenters. The first-order valence-corrected chi connectivity index (χ1v) is 12.2. The molecule has 0 aliphatic carbocycles. The molecule has 0 unspecified atom stereocenters. The van der Waals surface area contributed by atoms with Crippen LogP contribution in [-0.4, -0.2) is 23.5 Å². The Labute approximate surface area is 211 Å². The number of esters is 1. The Hall–Kier alpha value is -3.42. The number of benzene rings is 1. The van der Waals surface area contributed by atoms with E-state index in [4.69, 9.17) is 4.74 Å². The van der Waals surface area contributed by atoms with Gasteiger partial charge in [-0.2, -0.15) is 10.5 Å². The Kier molecular flexibility index (Phi) is 8.31. The third-order valence-corrected chi connectivity index (χ3v) is 6.87. The van der Waals surface area contributed by atoms with Crippen LogP contribution in [0.25, 0.3) is 6.08 Å². The van der Waals surface area contributed by atoms with Crippen LogP contribution < -0.4 is 0 Å². The van der Waals surface area contributed by atoms with Crippen molar-refractivity contribution in [2.24, 2.45) is 0 Å². The Morgan fingerprint density at radius 2 is 1.63 bits per heavy atom. The van der Waals surface area contributed by atoms with E-state index in [1.807, 2.05) is 47.6 Å². The highest BCUT2D eigenvalue weighted by molar-refractivity contribution is 7.14. The lowest BCUT2D eigenvalue weighted by Crippen LogP contribution is -2.17. The smallest absolute Gasteiger partial charge is 0.348 e. The Balaban J connectivity index is 2.55. The van der Waals surface area contributed by atoms with Gasteiger partial charge in [-0.25, -0.2) is 4.79 Å².